The third-order valence-electron chi connectivity index (χ3n) is 3.67. The number of benzene rings is 2. The van der Waals surface area contributed by atoms with Gasteiger partial charge < -0.3 is 15.0 Å². The molecule has 0 radical (unpaired) electrons. The van der Waals surface area contributed by atoms with Crippen LogP contribution < -0.4 is 5.56 Å². The van der Waals surface area contributed by atoms with Gasteiger partial charge in [0.2, 0.25) is 0 Å². The van der Waals surface area contributed by atoms with E-state index in [1.54, 1.807) is 24.4 Å². The van der Waals surface area contributed by atoms with E-state index >= 15 is 0 Å². The fraction of sp³-hybridized carbons (Fsp3) is 0.211. The van der Waals surface area contributed by atoms with Crippen LogP contribution in [0.5, 0.6) is 5.75 Å². The Labute approximate surface area is 157 Å². The Morgan fingerprint density at radius 1 is 1.07 bits per heavy atom. The maximum absolute atomic E-state index is 11.9. The molecule has 27 heavy (non-hydrogen) atoms. The molecule has 3 N–H and O–H groups in total. The van der Waals surface area contributed by atoms with E-state index in [9.17, 15) is 18.3 Å². The topological polar surface area (TPSA) is 111 Å². The number of nitrogens with one attached hydrogen (secondary N) is 1. The van der Waals surface area contributed by atoms with Crippen LogP contribution in [-0.2, 0) is 16.7 Å². The fourth-order valence-corrected chi connectivity index (χ4v) is 2.68. The van der Waals surface area contributed by atoms with E-state index in [-0.39, 0.29) is 11.3 Å². The quantitative estimate of drug-likeness (QED) is 0.593. The standard InChI is InChI=1S/C18H18N2O2.CH4O3S/c1-20(2)11-12-6-8-13(9-7-12)15-10-19-18(22)14-4-3-5-16(21)17(14)15;1-5(2,3)4/h3-10,21H,11H2,1-2H3,(H,19,22);1H3,(H,2,3,4). The van der Waals surface area contributed by atoms with Gasteiger partial charge in [-0.05, 0) is 37.4 Å². The molecule has 0 unspecified atom stereocenters. The molecule has 1 aromatic heterocycles. The number of pyridine rings is 1. The molecule has 3 aromatic rings. The first-order chi connectivity index (χ1) is 12.6. The van der Waals surface area contributed by atoms with Gasteiger partial charge in [0.05, 0.1) is 11.6 Å². The first-order valence-electron chi connectivity index (χ1n) is 8.06. The molecule has 8 heteroatoms. The van der Waals surface area contributed by atoms with Crippen LogP contribution in [0, 0.1) is 0 Å². The number of fused-ring (bicyclic) bond motifs is 1. The highest BCUT2D eigenvalue weighted by molar-refractivity contribution is 7.85. The van der Waals surface area contributed by atoms with Crippen molar-refractivity contribution in [3.8, 4) is 16.9 Å². The molecular weight excluding hydrogens is 368 g/mol. The third kappa shape index (κ3) is 5.92. The molecule has 144 valence electrons. The predicted octanol–water partition coefficient (Wildman–Crippen LogP) is 2.47. The number of nitrogens with zero attached hydrogens (tertiary/aromatic N) is 1. The Kier molecular flexibility index (Phi) is 6.37. The van der Waals surface area contributed by atoms with Crippen LogP contribution >= 0.6 is 0 Å². The zero-order chi connectivity index (χ0) is 20.2. The molecule has 0 bridgehead atoms. The lowest BCUT2D eigenvalue weighted by Crippen LogP contribution is -2.10. The number of hydrogen-bond donors (Lipinski definition) is 3. The highest BCUT2D eigenvalue weighted by atomic mass is 32.2. The molecule has 0 saturated carbocycles. The van der Waals surface area contributed by atoms with Gasteiger partial charge >= 0.3 is 0 Å². The highest BCUT2D eigenvalue weighted by Crippen LogP contribution is 2.32. The van der Waals surface area contributed by atoms with E-state index in [0.717, 1.165) is 17.7 Å². The van der Waals surface area contributed by atoms with Crippen molar-refractivity contribution in [2.24, 2.45) is 0 Å². The van der Waals surface area contributed by atoms with Crippen molar-refractivity contribution >= 4 is 20.9 Å². The largest absolute Gasteiger partial charge is 0.507 e. The Balaban J connectivity index is 0.000000465. The van der Waals surface area contributed by atoms with Crippen LogP contribution in [-0.4, -0.2) is 48.3 Å². The summed E-state index contributed by atoms with van der Waals surface area (Å²) in [6, 6.07) is 13.1. The number of aromatic nitrogens is 1. The summed E-state index contributed by atoms with van der Waals surface area (Å²) in [5, 5.41) is 11.2. The monoisotopic (exact) mass is 390 g/mol. The summed E-state index contributed by atoms with van der Waals surface area (Å²) in [5.74, 6) is 0.121. The van der Waals surface area contributed by atoms with Crippen molar-refractivity contribution < 1.29 is 18.1 Å². The van der Waals surface area contributed by atoms with Crippen molar-refractivity contribution in [2.45, 2.75) is 6.54 Å². The molecule has 1 heterocycles. The van der Waals surface area contributed by atoms with E-state index in [1.165, 1.54) is 5.56 Å². The molecule has 0 amide bonds. The lowest BCUT2D eigenvalue weighted by atomic mass is 9.99. The van der Waals surface area contributed by atoms with Gasteiger partial charge in [-0.1, -0.05) is 30.3 Å². The lowest BCUT2D eigenvalue weighted by Gasteiger charge is -2.11. The van der Waals surface area contributed by atoms with Gasteiger partial charge in [-0.2, -0.15) is 8.42 Å². The molecule has 0 saturated heterocycles. The zero-order valence-electron chi connectivity index (χ0n) is 15.3. The number of H-pyrrole nitrogens is 1. The van der Waals surface area contributed by atoms with Gasteiger partial charge in [-0.15, -0.1) is 0 Å². The van der Waals surface area contributed by atoms with E-state index in [2.05, 4.69) is 22.0 Å². The van der Waals surface area contributed by atoms with Gasteiger partial charge in [0.25, 0.3) is 15.7 Å². The average molecular weight is 390 g/mol. The van der Waals surface area contributed by atoms with E-state index in [1.807, 2.05) is 26.2 Å². The van der Waals surface area contributed by atoms with Crippen molar-refractivity contribution in [2.75, 3.05) is 20.4 Å². The number of aromatic amines is 1. The van der Waals surface area contributed by atoms with Crippen LogP contribution in [0.1, 0.15) is 5.56 Å². The molecule has 3 rings (SSSR count). The molecule has 0 aliphatic rings. The maximum Gasteiger partial charge on any atom is 0.261 e. The van der Waals surface area contributed by atoms with Gasteiger partial charge in [0.1, 0.15) is 5.75 Å². The van der Waals surface area contributed by atoms with Crippen molar-refractivity contribution in [3.63, 3.8) is 0 Å². The van der Waals surface area contributed by atoms with E-state index < -0.39 is 10.1 Å². The van der Waals surface area contributed by atoms with Crippen LogP contribution in [0.3, 0.4) is 0 Å². The second-order valence-electron chi connectivity index (χ2n) is 6.40. The Morgan fingerprint density at radius 2 is 1.67 bits per heavy atom. The minimum absolute atomic E-state index is 0.121. The minimum Gasteiger partial charge on any atom is -0.507 e. The third-order valence-corrected chi connectivity index (χ3v) is 3.67. The van der Waals surface area contributed by atoms with Gasteiger partial charge in [-0.25, -0.2) is 0 Å². The second kappa shape index (κ2) is 8.34. The van der Waals surface area contributed by atoms with E-state index in [4.69, 9.17) is 4.55 Å². The number of aromatic hydroxyl groups is 1. The molecule has 0 atom stereocenters. The molecule has 2 aromatic carbocycles. The zero-order valence-corrected chi connectivity index (χ0v) is 16.1. The van der Waals surface area contributed by atoms with Gasteiger partial charge in [0.15, 0.2) is 0 Å². The number of phenolic OH excluding ortho intramolecular Hbond substituents is 1. The SMILES string of the molecule is CN(C)Cc1ccc(-c2c[nH]c(=O)c3cccc(O)c23)cc1.CS(=O)(=O)O. The highest BCUT2D eigenvalue weighted by Gasteiger charge is 2.10. The van der Waals surface area contributed by atoms with Crippen molar-refractivity contribution in [1.29, 1.82) is 0 Å². The molecular formula is C19H22N2O5S. The summed E-state index contributed by atoms with van der Waals surface area (Å²) in [5.41, 5.74) is 2.81. The Bertz CT molecular complexity index is 1080. The van der Waals surface area contributed by atoms with Gasteiger partial charge in [0, 0.05) is 23.7 Å². The predicted molar refractivity (Wildman–Crippen MR) is 107 cm³/mol. The number of rotatable bonds is 3. The normalized spacial score (nSPS) is 11.3. The first kappa shape index (κ1) is 20.6. The maximum atomic E-state index is 11.9. The van der Waals surface area contributed by atoms with Crippen LogP contribution in [0.25, 0.3) is 21.9 Å². The summed E-state index contributed by atoms with van der Waals surface area (Å²) in [7, 11) is 0.392. The minimum atomic E-state index is -3.67. The molecule has 0 fully saturated rings. The summed E-state index contributed by atoms with van der Waals surface area (Å²) < 4.78 is 25.9. The smallest absolute Gasteiger partial charge is 0.261 e. The lowest BCUT2D eigenvalue weighted by molar-refractivity contribution is 0.402. The summed E-state index contributed by atoms with van der Waals surface area (Å²) in [6.07, 6.45) is 2.37. The van der Waals surface area contributed by atoms with Gasteiger partial charge in [-0.3, -0.25) is 9.35 Å². The Hall–Kier alpha value is -2.68. The van der Waals surface area contributed by atoms with Crippen molar-refractivity contribution in [1.82, 2.24) is 9.88 Å². The van der Waals surface area contributed by atoms with Crippen LogP contribution in [0.4, 0.5) is 0 Å². The first-order valence-corrected chi connectivity index (χ1v) is 9.91. The summed E-state index contributed by atoms with van der Waals surface area (Å²) in [4.78, 5) is 16.8. The molecule has 0 spiro atoms. The van der Waals surface area contributed by atoms with Crippen molar-refractivity contribution in [3.05, 3.63) is 64.6 Å². The molecule has 0 aliphatic heterocycles. The Morgan fingerprint density at radius 3 is 2.22 bits per heavy atom. The fourth-order valence-electron chi connectivity index (χ4n) is 2.68. The second-order valence-corrected chi connectivity index (χ2v) is 7.86. The molecule has 0 aliphatic carbocycles. The van der Waals surface area contributed by atoms with E-state index in [0.29, 0.717) is 17.0 Å². The number of phenols is 1. The van der Waals surface area contributed by atoms with Crippen LogP contribution in [0.2, 0.25) is 0 Å². The summed E-state index contributed by atoms with van der Waals surface area (Å²) in [6.45, 7) is 0.873. The number of hydrogen-bond acceptors (Lipinski definition) is 5. The summed E-state index contributed by atoms with van der Waals surface area (Å²) >= 11 is 0. The molecule has 7 nitrogen and oxygen atoms in total. The average Bonchev–Trinajstić information content (AvgIpc) is 2.55. The van der Waals surface area contributed by atoms with Crippen LogP contribution in [0.15, 0.2) is 53.5 Å².